The van der Waals surface area contributed by atoms with E-state index in [9.17, 15) is 0 Å². The van der Waals surface area contributed by atoms with E-state index in [0.717, 1.165) is 13.1 Å². The van der Waals surface area contributed by atoms with Gasteiger partial charge in [0.2, 0.25) is 0 Å². The molecular weight excluding hydrogens is 208 g/mol. The second-order valence-corrected chi connectivity index (χ2v) is 4.94. The summed E-state index contributed by atoms with van der Waals surface area (Å²) in [6, 6.07) is 4.38. The van der Waals surface area contributed by atoms with E-state index < -0.39 is 0 Å². The molecule has 0 aliphatic carbocycles. The van der Waals surface area contributed by atoms with Crippen molar-refractivity contribution < 1.29 is 0 Å². The Morgan fingerprint density at radius 1 is 1.12 bits per heavy atom. The first-order valence-electron chi connectivity index (χ1n) is 6.89. The first-order valence-corrected chi connectivity index (χ1v) is 6.89. The zero-order valence-electron chi connectivity index (χ0n) is 11.7. The van der Waals surface area contributed by atoms with E-state index in [1.165, 1.54) is 30.6 Å². The highest BCUT2D eigenvalue weighted by atomic mass is 15.1. The molecule has 1 aromatic heterocycles. The Labute approximate surface area is 106 Å². The summed E-state index contributed by atoms with van der Waals surface area (Å²) in [4.78, 5) is 6.99. The molecule has 2 nitrogen and oxygen atoms in total. The molecule has 0 aromatic carbocycles. The zero-order valence-corrected chi connectivity index (χ0v) is 11.7. The molecular formula is C15H26N2. The second kappa shape index (κ2) is 7.31. The van der Waals surface area contributed by atoms with Crippen molar-refractivity contribution in [3.63, 3.8) is 0 Å². The summed E-state index contributed by atoms with van der Waals surface area (Å²) in [5.74, 6) is 0.513. The molecule has 96 valence electrons. The minimum atomic E-state index is 0.513. The summed E-state index contributed by atoms with van der Waals surface area (Å²) in [5, 5.41) is 0. The van der Waals surface area contributed by atoms with Gasteiger partial charge < -0.3 is 4.90 Å². The van der Waals surface area contributed by atoms with Crippen LogP contribution in [0.4, 0.5) is 5.69 Å². The van der Waals surface area contributed by atoms with Crippen LogP contribution >= 0.6 is 0 Å². The van der Waals surface area contributed by atoms with Gasteiger partial charge in [0, 0.05) is 18.8 Å². The molecule has 1 rings (SSSR count). The number of anilines is 1. The van der Waals surface area contributed by atoms with Crippen molar-refractivity contribution >= 4 is 5.69 Å². The lowest BCUT2D eigenvalue weighted by atomic mass is 10.1. The third-order valence-electron chi connectivity index (χ3n) is 3.00. The molecule has 0 spiro atoms. The Morgan fingerprint density at radius 2 is 1.88 bits per heavy atom. The van der Waals surface area contributed by atoms with Crippen LogP contribution in [-0.4, -0.2) is 18.1 Å². The zero-order chi connectivity index (χ0) is 12.7. The van der Waals surface area contributed by atoms with Crippen LogP contribution in [0.5, 0.6) is 0 Å². The van der Waals surface area contributed by atoms with Gasteiger partial charge in [0.15, 0.2) is 0 Å². The molecule has 0 saturated carbocycles. The monoisotopic (exact) mass is 234 g/mol. The van der Waals surface area contributed by atoms with Gasteiger partial charge in [-0.05, 0) is 30.9 Å². The van der Waals surface area contributed by atoms with Gasteiger partial charge in [-0.1, -0.05) is 34.1 Å². The fraction of sp³-hybridized carbons (Fsp3) is 0.667. The molecule has 0 atom stereocenters. The maximum absolute atomic E-state index is 4.55. The molecule has 1 heterocycles. The normalized spacial score (nSPS) is 10.9. The van der Waals surface area contributed by atoms with Crippen LogP contribution < -0.4 is 4.90 Å². The van der Waals surface area contributed by atoms with Gasteiger partial charge in [-0.2, -0.15) is 0 Å². The van der Waals surface area contributed by atoms with E-state index >= 15 is 0 Å². The summed E-state index contributed by atoms with van der Waals surface area (Å²) in [7, 11) is 0. The Morgan fingerprint density at radius 3 is 2.35 bits per heavy atom. The van der Waals surface area contributed by atoms with Crippen molar-refractivity contribution in [2.24, 2.45) is 0 Å². The molecule has 1 aromatic rings. The van der Waals surface area contributed by atoms with E-state index in [-0.39, 0.29) is 0 Å². The van der Waals surface area contributed by atoms with Crippen molar-refractivity contribution in [3.8, 4) is 0 Å². The lowest BCUT2D eigenvalue weighted by Crippen LogP contribution is -2.25. The van der Waals surface area contributed by atoms with Crippen LogP contribution in [0.2, 0.25) is 0 Å². The molecule has 0 radical (unpaired) electrons. The lowest BCUT2D eigenvalue weighted by Gasteiger charge is -2.24. The summed E-state index contributed by atoms with van der Waals surface area (Å²) in [5.41, 5.74) is 2.45. The van der Waals surface area contributed by atoms with E-state index in [2.05, 4.69) is 49.7 Å². The lowest BCUT2D eigenvalue weighted by molar-refractivity contribution is 0.701. The Balaban J connectivity index is 2.72. The predicted octanol–water partition coefficient (Wildman–Crippen LogP) is 4.22. The van der Waals surface area contributed by atoms with Crippen LogP contribution in [0.25, 0.3) is 0 Å². The highest BCUT2D eigenvalue weighted by molar-refractivity contribution is 5.44. The maximum Gasteiger partial charge on any atom is 0.0552 e. The molecule has 0 saturated heterocycles. The van der Waals surface area contributed by atoms with Crippen molar-refractivity contribution in [1.82, 2.24) is 4.98 Å². The van der Waals surface area contributed by atoms with E-state index in [4.69, 9.17) is 0 Å². The number of hydrogen-bond acceptors (Lipinski definition) is 2. The van der Waals surface area contributed by atoms with Gasteiger partial charge in [0.25, 0.3) is 0 Å². The van der Waals surface area contributed by atoms with Gasteiger partial charge in [-0.3, -0.25) is 4.98 Å². The molecule has 2 heteroatoms. The van der Waals surface area contributed by atoms with E-state index in [0.29, 0.717) is 5.92 Å². The number of aromatic nitrogens is 1. The van der Waals surface area contributed by atoms with Crippen LogP contribution in [-0.2, 0) is 0 Å². The SMILES string of the molecule is CCCCN(CCC)c1ccc(C(C)C)nc1. The molecule has 0 unspecified atom stereocenters. The molecule has 0 bridgehead atoms. The van der Waals surface area contributed by atoms with Gasteiger partial charge in [-0.15, -0.1) is 0 Å². The number of nitrogens with zero attached hydrogens (tertiary/aromatic N) is 2. The fourth-order valence-corrected chi connectivity index (χ4v) is 1.91. The number of pyridine rings is 1. The molecule has 0 aliphatic rings. The molecule has 0 amide bonds. The fourth-order valence-electron chi connectivity index (χ4n) is 1.91. The third-order valence-corrected chi connectivity index (χ3v) is 3.00. The predicted molar refractivity (Wildman–Crippen MR) is 75.7 cm³/mol. The number of rotatable bonds is 7. The number of hydrogen-bond donors (Lipinski definition) is 0. The highest BCUT2D eigenvalue weighted by Gasteiger charge is 2.06. The first-order chi connectivity index (χ1) is 8.19. The summed E-state index contributed by atoms with van der Waals surface area (Å²) >= 11 is 0. The average Bonchev–Trinajstić information content (AvgIpc) is 2.34. The van der Waals surface area contributed by atoms with Gasteiger partial charge in [0.1, 0.15) is 0 Å². The summed E-state index contributed by atoms with van der Waals surface area (Å²) in [6.45, 7) is 11.1. The Kier molecular flexibility index (Phi) is 6.03. The topological polar surface area (TPSA) is 16.1 Å². The Hall–Kier alpha value is -1.05. The molecule has 0 fully saturated rings. The first kappa shape index (κ1) is 14.0. The molecule has 0 N–H and O–H groups in total. The van der Waals surface area contributed by atoms with Gasteiger partial charge in [-0.25, -0.2) is 0 Å². The van der Waals surface area contributed by atoms with Crippen LogP contribution in [0.15, 0.2) is 18.3 Å². The summed E-state index contributed by atoms with van der Waals surface area (Å²) in [6.07, 6.45) is 5.72. The highest BCUT2D eigenvalue weighted by Crippen LogP contribution is 2.18. The third kappa shape index (κ3) is 4.37. The smallest absolute Gasteiger partial charge is 0.0552 e. The number of unbranched alkanes of at least 4 members (excludes halogenated alkanes) is 1. The standard InChI is InChI=1S/C15H26N2/c1-5-7-11-17(10-6-2)14-8-9-15(13(3)4)16-12-14/h8-9,12-13H,5-7,10-11H2,1-4H3. The van der Waals surface area contributed by atoms with Crippen LogP contribution in [0.3, 0.4) is 0 Å². The van der Waals surface area contributed by atoms with Crippen molar-refractivity contribution in [2.75, 3.05) is 18.0 Å². The van der Waals surface area contributed by atoms with E-state index in [1.807, 2.05) is 6.20 Å². The van der Waals surface area contributed by atoms with Crippen molar-refractivity contribution in [2.45, 2.75) is 52.9 Å². The van der Waals surface area contributed by atoms with Crippen molar-refractivity contribution in [1.29, 1.82) is 0 Å². The quantitative estimate of drug-likeness (QED) is 0.702. The van der Waals surface area contributed by atoms with Crippen LogP contribution in [0, 0.1) is 0 Å². The molecule has 17 heavy (non-hydrogen) atoms. The summed E-state index contributed by atoms with van der Waals surface area (Å²) < 4.78 is 0. The Bertz CT molecular complexity index is 303. The van der Waals surface area contributed by atoms with Gasteiger partial charge in [0.05, 0.1) is 11.9 Å². The molecule has 0 aliphatic heterocycles. The average molecular weight is 234 g/mol. The van der Waals surface area contributed by atoms with Crippen LogP contribution in [0.1, 0.15) is 58.6 Å². The largest absolute Gasteiger partial charge is 0.370 e. The van der Waals surface area contributed by atoms with E-state index in [1.54, 1.807) is 0 Å². The minimum absolute atomic E-state index is 0.513. The maximum atomic E-state index is 4.55. The van der Waals surface area contributed by atoms with Gasteiger partial charge >= 0.3 is 0 Å². The van der Waals surface area contributed by atoms with Crippen molar-refractivity contribution in [3.05, 3.63) is 24.0 Å². The second-order valence-electron chi connectivity index (χ2n) is 4.94. The minimum Gasteiger partial charge on any atom is -0.370 e.